The van der Waals surface area contributed by atoms with E-state index >= 15 is 0 Å². The van der Waals surface area contributed by atoms with Crippen LogP contribution >= 0.6 is 0 Å². The molecule has 0 unspecified atom stereocenters. The molecule has 1 aliphatic heterocycles. The highest BCUT2D eigenvalue weighted by Crippen LogP contribution is 2.23. The number of nitrogens with one attached hydrogen (secondary N) is 1. The fourth-order valence-corrected chi connectivity index (χ4v) is 4.80. The molecule has 5 rings (SSSR count). The second-order valence-corrected chi connectivity index (χ2v) is 9.58. The van der Waals surface area contributed by atoms with Gasteiger partial charge in [-0.05, 0) is 17.7 Å². The SMILES string of the molecule is O=S1(=O)CCN(Cc2ccc(-c3cccc4nc(Nc5cnoc5)nn34)cc2)CC1. The van der Waals surface area contributed by atoms with Crippen molar-refractivity contribution in [3.63, 3.8) is 0 Å². The number of fused-ring (bicyclic) bond motifs is 1. The van der Waals surface area contributed by atoms with E-state index in [4.69, 9.17) is 4.52 Å². The Bertz CT molecular complexity index is 1250. The van der Waals surface area contributed by atoms with Crippen molar-refractivity contribution >= 4 is 27.1 Å². The van der Waals surface area contributed by atoms with E-state index < -0.39 is 9.84 Å². The summed E-state index contributed by atoms with van der Waals surface area (Å²) in [4.78, 5) is 6.67. The fourth-order valence-electron chi connectivity index (χ4n) is 3.52. The first-order valence-electron chi connectivity index (χ1n) is 9.60. The Morgan fingerprint density at radius 3 is 2.60 bits per heavy atom. The molecule has 154 valence electrons. The Labute approximate surface area is 173 Å². The summed E-state index contributed by atoms with van der Waals surface area (Å²) in [5.41, 5.74) is 4.51. The number of hydrogen-bond donors (Lipinski definition) is 1. The monoisotopic (exact) mass is 424 g/mol. The summed E-state index contributed by atoms with van der Waals surface area (Å²) in [5.74, 6) is 0.942. The first-order chi connectivity index (χ1) is 14.6. The summed E-state index contributed by atoms with van der Waals surface area (Å²) in [6.07, 6.45) is 3.05. The number of nitrogens with zero attached hydrogens (tertiary/aromatic N) is 5. The van der Waals surface area contributed by atoms with Crippen LogP contribution in [-0.4, -0.2) is 57.7 Å². The van der Waals surface area contributed by atoms with Gasteiger partial charge in [-0.15, -0.1) is 5.10 Å². The molecule has 30 heavy (non-hydrogen) atoms. The van der Waals surface area contributed by atoms with Gasteiger partial charge in [0.1, 0.15) is 12.0 Å². The highest BCUT2D eigenvalue weighted by Gasteiger charge is 2.21. The lowest BCUT2D eigenvalue weighted by molar-refractivity contribution is 0.287. The maximum atomic E-state index is 11.6. The number of hydrogen-bond acceptors (Lipinski definition) is 8. The minimum absolute atomic E-state index is 0.241. The normalized spacial score (nSPS) is 16.7. The minimum atomic E-state index is -2.86. The van der Waals surface area contributed by atoms with E-state index in [2.05, 4.69) is 49.7 Å². The quantitative estimate of drug-likeness (QED) is 0.520. The van der Waals surface area contributed by atoms with Crippen LogP contribution in [0.2, 0.25) is 0 Å². The third-order valence-corrected chi connectivity index (χ3v) is 6.75. The number of benzene rings is 1. The highest BCUT2D eigenvalue weighted by molar-refractivity contribution is 7.91. The zero-order valence-electron chi connectivity index (χ0n) is 16.1. The molecule has 0 bridgehead atoms. The Hall–Kier alpha value is -3.24. The third-order valence-electron chi connectivity index (χ3n) is 5.14. The van der Waals surface area contributed by atoms with E-state index in [1.807, 2.05) is 18.2 Å². The molecule has 1 aromatic carbocycles. The second kappa shape index (κ2) is 7.54. The van der Waals surface area contributed by atoms with Gasteiger partial charge in [0.15, 0.2) is 15.5 Å². The molecule has 4 heterocycles. The van der Waals surface area contributed by atoms with Crippen LogP contribution in [0.15, 0.2) is 59.4 Å². The zero-order chi connectivity index (χ0) is 20.6. The molecule has 1 N–H and O–H groups in total. The van der Waals surface area contributed by atoms with Gasteiger partial charge in [-0.25, -0.2) is 12.9 Å². The molecule has 0 atom stereocenters. The van der Waals surface area contributed by atoms with Crippen LogP contribution in [0, 0.1) is 0 Å². The van der Waals surface area contributed by atoms with Gasteiger partial charge in [0.2, 0.25) is 5.95 Å². The molecule has 9 nitrogen and oxygen atoms in total. The molecular formula is C20H20N6O3S. The average Bonchev–Trinajstić information content (AvgIpc) is 3.39. The topological polar surface area (TPSA) is 106 Å². The first-order valence-corrected chi connectivity index (χ1v) is 11.4. The Morgan fingerprint density at radius 1 is 1.07 bits per heavy atom. The average molecular weight is 424 g/mol. The maximum absolute atomic E-state index is 11.6. The number of rotatable bonds is 5. The predicted molar refractivity (Wildman–Crippen MR) is 112 cm³/mol. The fraction of sp³-hybridized carbons (Fsp3) is 0.250. The standard InChI is InChI=1S/C20H20N6O3S/c27-30(28)10-8-25(9-11-30)13-15-4-6-16(7-5-15)18-2-1-3-19-23-20(24-26(18)19)22-17-12-21-29-14-17/h1-7,12,14H,8-11,13H2,(H,22,24). The molecule has 3 aromatic heterocycles. The molecule has 0 aliphatic carbocycles. The van der Waals surface area contributed by atoms with Gasteiger partial charge in [-0.2, -0.15) is 4.98 Å². The molecule has 4 aromatic rings. The van der Waals surface area contributed by atoms with Crippen molar-refractivity contribution in [1.82, 2.24) is 24.7 Å². The number of sulfone groups is 1. The maximum Gasteiger partial charge on any atom is 0.247 e. The summed E-state index contributed by atoms with van der Waals surface area (Å²) < 4.78 is 29.8. The minimum Gasteiger partial charge on any atom is -0.363 e. The van der Waals surface area contributed by atoms with Crippen molar-refractivity contribution in [2.45, 2.75) is 6.54 Å². The zero-order valence-corrected chi connectivity index (χ0v) is 16.9. The molecule has 0 saturated carbocycles. The van der Waals surface area contributed by atoms with Gasteiger partial charge in [0, 0.05) is 25.2 Å². The number of anilines is 2. The lowest BCUT2D eigenvalue weighted by Gasteiger charge is -2.26. The van der Waals surface area contributed by atoms with E-state index in [0.29, 0.717) is 24.7 Å². The molecule has 1 fully saturated rings. The molecule has 1 aliphatic rings. The predicted octanol–water partition coefficient (Wildman–Crippen LogP) is 2.36. The molecule has 0 radical (unpaired) electrons. The van der Waals surface area contributed by atoms with Crippen LogP contribution in [0.25, 0.3) is 16.9 Å². The van der Waals surface area contributed by atoms with E-state index in [0.717, 1.165) is 29.0 Å². The summed E-state index contributed by atoms with van der Waals surface area (Å²) >= 11 is 0. The van der Waals surface area contributed by atoms with Crippen LogP contribution in [0.1, 0.15) is 5.56 Å². The van der Waals surface area contributed by atoms with Crippen molar-refractivity contribution < 1.29 is 12.9 Å². The van der Waals surface area contributed by atoms with Crippen LogP contribution in [0.5, 0.6) is 0 Å². The van der Waals surface area contributed by atoms with E-state index in [1.54, 1.807) is 10.7 Å². The van der Waals surface area contributed by atoms with Crippen LogP contribution in [0.4, 0.5) is 11.6 Å². The first kappa shape index (κ1) is 18.8. The van der Waals surface area contributed by atoms with Gasteiger partial charge in [0.25, 0.3) is 0 Å². The largest absolute Gasteiger partial charge is 0.363 e. The highest BCUT2D eigenvalue weighted by atomic mass is 32.2. The Kier molecular flexibility index (Phi) is 4.72. The summed E-state index contributed by atoms with van der Waals surface area (Å²) in [6, 6.07) is 14.1. The van der Waals surface area contributed by atoms with E-state index in [9.17, 15) is 8.42 Å². The van der Waals surface area contributed by atoms with Crippen LogP contribution in [0.3, 0.4) is 0 Å². The van der Waals surface area contributed by atoms with Gasteiger partial charge >= 0.3 is 0 Å². The number of pyridine rings is 1. The second-order valence-electron chi connectivity index (χ2n) is 7.28. The van der Waals surface area contributed by atoms with Gasteiger partial charge in [-0.3, -0.25) is 4.90 Å². The van der Waals surface area contributed by atoms with Crippen molar-refractivity contribution in [1.29, 1.82) is 0 Å². The molecule has 0 spiro atoms. The molecule has 10 heteroatoms. The number of aromatic nitrogens is 4. The van der Waals surface area contributed by atoms with Crippen molar-refractivity contribution in [2.24, 2.45) is 0 Å². The van der Waals surface area contributed by atoms with E-state index in [1.165, 1.54) is 6.26 Å². The van der Waals surface area contributed by atoms with Gasteiger partial charge < -0.3 is 9.84 Å². The Morgan fingerprint density at radius 2 is 1.87 bits per heavy atom. The molecule has 0 amide bonds. The molecular weight excluding hydrogens is 404 g/mol. The molecule has 1 saturated heterocycles. The van der Waals surface area contributed by atoms with Crippen LogP contribution < -0.4 is 5.32 Å². The summed E-state index contributed by atoms with van der Waals surface area (Å²) in [6.45, 7) is 1.92. The van der Waals surface area contributed by atoms with Crippen LogP contribution in [-0.2, 0) is 16.4 Å². The lowest BCUT2D eigenvalue weighted by atomic mass is 10.1. The van der Waals surface area contributed by atoms with Gasteiger partial charge in [-0.1, -0.05) is 35.5 Å². The smallest absolute Gasteiger partial charge is 0.247 e. The van der Waals surface area contributed by atoms with Gasteiger partial charge in [0.05, 0.1) is 23.4 Å². The van der Waals surface area contributed by atoms with Crippen molar-refractivity contribution in [3.8, 4) is 11.3 Å². The Balaban J connectivity index is 1.35. The van der Waals surface area contributed by atoms with Crippen molar-refractivity contribution in [2.75, 3.05) is 29.9 Å². The van der Waals surface area contributed by atoms with Crippen molar-refractivity contribution in [3.05, 3.63) is 60.5 Å². The summed E-state index contributed by atoms with van der Waals surface area (Å²) in [7, 11) is -2.86. The third kappa shape index (κ3) is 3.91. The lowest BCUT2D eigenvalue weighted by Crippen LogP contribution is -2.39. The summed E-state index contributed by atoms with van der Waals surface area (Å²) in [5, 5.41) is 11.3. The van der Waals surface area contributed by atoms with E-state index in [-0.39, 0.29) is 11.5 Å².